The monoisotopic (exact) mass is 377 g/mol. The van der Waals surface area contributed by atoms with Crippen LogP contribution in [-0.2, 0) is 0 Å². The number of benzene rings is 4. The van der Waals surface area contributed by atoms with E-state index >= 15 is 0 Å². The molecule has 0 saturated carbocycles. The Hall–Kier alpha value is -3.43. The van der Waals surface area contributed by atoms with Crippen LogP contribution in [0.5, 0.6) is 0 Å². The summed E-state index contributed by atoms with van der Waals surface area (Å²) in [6.07, 6.45) is 0.915. The van der Waals surface area contributed by atoms with E-state index in [2.05, 4.69) is 71.3 Å². The number of fused-ring (bicyclic) bond motifs is 6. The van der Waals surface area contributed by atoms with Crippen LogP contribution in [-0.4, -0.2) is 10.9 Å². The van der Waals surface area contributed by atoms with Gasteiger partial charge >= 0.3 is 0 Å². The molecule has 0 radical (unpaired) electrons. The molecule has 0 aliphatic heterocycles. The molecular formula is C25H15NOS. The number of hydrogen-bond acceptors (Lipinski definition) is 2. The highest BCUT2D eigenvalue weighted by atomic mass is 32.1. The van der Waals surface area contributed by atoms with E-state index in [-0.39, 0.29) is 0 Å². The van der Waals surface area contributed by atoms with Gasteiger partial charge in [0.25, 0.3) is 0 Å². The van der Waals surface area contributed by atoms with E-state index in [9.17, 15) is 4.79 Å². The number of hydrogen-bond donors (Lipinski definition) is 0. The second-order valence-corrected chi connectivity index (χ2v) is 8.11. The van der Waals surface area contributed by atoms with E-state index in [0.717, 1.165) is 17.5 Å². The zero-order chi connectivity index (χ0) is 18.7. The number of carbonyl (C=O) groups excluding carboxylic acids is 1. The van der Waals surface area contributed by atoms with Crippen molar-refractivity contribution in [2.45, 2.75) is 0 Å². The van der Waals surface area contributed by atoms with E-state index < -0.39 is 0 Å². The van der Waals surface area contributed by atoms with Crippen LogP contribution in [0, 0.1) is 0 Å². The standard InChI is InChI=1S/C25H15NOS/c27-15-16-10-11-18-20-14-25-21(19-8-4-5-9-24(19)28-25)13-23(20)26(22(18)12-16)17-6-2-1-3-7-17/h1-15H. The molecule has 0 spiro atoms. The lowest BCUT2D eigenvalue weighted by Gasteiger charge is -2.08. The third kappa shape index (κ3) is 2.11. The van der Waals surface area contributed by atoms with Crippen molar-refractivity contribution in [1.82, 2.24) is 4.57 Å². The zero-order valence-corrected chi connectivity index (χ0v) is 15.7. The lowest BCUT2D eigenvalue weighted by atomic mass is 10.1. The molecule has 2 aromatic heterocycles. The van der Waals surface area contributed by atoms with Gasteiger partial charge in [0.05, 0.1) is 11.0 Å². The maximum absolute atomic E-state index is 11.4. The Morgan fingerprint density at radius 1 is 0.643 bits per heavy atom. The summed E-state index contributed by atoms with van der Waals surface area (Å²) in [7, 11) is 0. The molecule has 6 aromatic rings. The van der Waals surface area contributed by atoms with Gasteiger partial charge < -0.3 is 4.57 Å². The van der Waals surface area contributed by atoms with Crippen molar-refractivity contribution in [2.75, 3.05) is 0 Å². The number of aromatic nitrogens is 1. The molecule has 0 aliphatic carbocycles. The minimum atomic E-state index is 0.694. The molecule has 3 heteroatoms. The third-order valence-corrected chi connectivity index (χ3v) is 6.57. The normalized spacial score (nSPS) is 11.7. The molecule has 0 bridgehead atoms. The second-order valence-electron chi connectivity index (χ2n) is 7.03. The molecule has 132 valence electrons. The van der Waals surface area contributed by atoms with Crippen LogP contribution in [0.4, 0.5) is 0 Å². The molecule has 0 N–H and O–H groups in total. The molecule has 2 heterocycles. The average Bonchev–Trinajstić information content (AvgIpc) is 3.27. The van der Waals surface area contributed by atoms with Crippen LogP contribution in [0.15, 0.2) is 84.9 Å². The summed E-state index contributed by atoms with van der Waals surface area (Å²) >= 11 is 1.83. The number of nitrogens with zero attached hydrogens (tertiary/aromatic N) is 1. The fourth-order valence-corrected chi connectivity index (χ4v) is 5.31. The quantitative estimate of drug-likeness (QED) is 0.299. The van der Waals surface area contributed by atoms with Gasteiger partial charge in [0.1, 0.15) is 6.29 Å². The molecule has 0 aliphatic rings. The molecule has 0 amide bonds. The van der Waals surface area contributed by atoms with Gasteiger partial charge in [0, 0.05) is 42.2 Å². The minimum Gasteiger partial charge on any atom is -0.309 e. The minimum absolute atomic E-state index is 0.694. The van der Waals surface area contributed by atoms with Gasteiger partial charge in [-0.3, -0.25) is 4.79 Å². The number of carbonyl (C=O) groups is 1. The van der Waals surface area contributed by atoms with Crippen molar-refractivity contribution >= 4 is 59.6 Å². The van der Waals surface area contributed by atoms with Gasteiger partial charge in [-0.1, -0.05) is 48.5 Å². The zero-order valence-electron chi connectivity index (χ0n) is 14.9. The van der Waals surface area contributed by atoms with Crippen molar-refractivity contribution in [3.8, 4) is 5.69 Å². The largest absolute Gasteiger partial charge is 0.309 e. The summed E-state index contributed by atoms with van der Waals surface area (Å²) < 4.78 is 4.87. The summed E-state index contributed by atoms with van der Waals surface area (Å²) in [6.45, 7) is 0. The van der Waals surface area contributed by atoms with Crippen LogP contribution in [0.1, 0.15) is 10.4 Å². The molecule has 0 saturated heterocycles. The first-order valence-electron chi connectivity index (χ1n) is 9.23. The molecule has 6 rings (SSSR count). The van der Waals surface area contributed by atoms with Gasteiger partial charge in [-0.15, -0.1) is 11.3 Å². The van der Waals surface area contributed by atoms with Crippen molar-refractivity contribution in [3.63, 3.8) is 0 Å². The number of para-hydroxylation sites is 1. The highest BCUT2D eigenvalue weighted by Gasteiger charge is 2.15. The number of aldehydes is 1. The number of rotatable bonds is 2. The first-order valence-corrected chi connectivity index (χ1v) is 10.1. The van der Waals surface area contributed by atoms with Crippen molar-refractivity contribution in [2.24, 2.45) is 0 Å². The van der Waals surface area contributed by atoms with E-state index in [1.54, 1.807) is 0 Å². The Morgan fingerprint density at radius 3 is 2.29 bits per heavy atom. The Bertz CT molecular complexity index is 1520. The third-order valence-electron chi connectivity index (χ3n) is 5.44. The molecule has 0 unspecified atom stereocenters. The smallest absolute Gasteiger partial charge is 0.150 e. The van der Waals surface area contributed by atoms with Gasteiger partial charge in [0.15, 0.2) is 0 Å². The highest BCUT2D eigenvalue weighted by molar-refractivity contribution is 7.25. The first-order chi connectivity index (χ1) is 13.8. The SMILES string of the molecule is O=Cc1ccc2c3cc4sc5ccccc5c4cc3n(-c3ccccc3)c2c1. The molecule has 2 nitrogen and oxygen atoms in total. The Kier molecular flexibility index (Phi) is 3.22. The lowest BCUT2D eigenvalue weighted by Crippen LogP contribution is -1.93. The van der Waals surface area contributed by atoms with Gasteiger partial charge in [-0.05, 0) is 36.4 Å². The van der Waals surface area contributed by atoms with Crippen molar-refractivity contribution in [1.29, 1.82) is 0 Å². The fourth-order valence-electron chi connectivity index (χ4n) is 4.18. The van der Waals surface area contributed by atoms with E-state index in [1.165, 1.54) is 36.5 Å². The van der Waals surface area contributed by atoms with Gasteiger partial charge in [-0.2, -0.15) is 0 Å². The second kappa shape index (κ2) is 5.78. The number of thiophene rings is 1. The summed E-state index contributed by atoms with van der Waals surface area (Å²) in [4.78, 5) is 11.4. The summed E-state index contributed by atoms with van der Waals surface area (Å²) in [5, 5.41) is 4.96. The van der Waals surface area contributed by atoms with Crippen LogP contribution in [0.2, 0.25) is 0 Å². The molecule has 28 heavy (non-hydrogen) atoms. The maximum Gasteiger partial charge on any atom is 0.150 e. The van der Waals surface area contributed by atoms with E-state index in [1.807, 2.05) is 29.5 Å². The van der Waals surface area contributed by atoms with Crippen LogP contribution < -0.4 is 0 Å². The molecular weight excluding hydrogens is 362 g/mol. The summed E-state index contributed by atoms with van der Waals surface area (Å²) in [5.41, 5.74) is 4.03. The topological polar surface area (TPSA) is 22.0 Å². The van der Waals surface area contributed by atoms with Crippen LogP contribution in [0.3, 0.4) is 0 Å². The fraction of sp³-hybridized carbons (Fsp3) is 0. The highest BCUT2D eigenvalue weighted by Crippen LogP contribution is 2.40. The van der Waals surface area contributed by atoms with Crippen LogP contribution >= 0.6 is 11.3 Å². The Balaban J connectivity index is 1.84. The molecule has 0 fully saturated rings. The Morgan fingerprint density at radius 2 is 1.43 bits per heavy atom. The summed E-state index contributed by atoms with van der Waals surface area (Å²) in [6, 6.07) is 29.5. The van der Waals surface area contributed by atoms with Crippen molar-refractivity contribution < 1.29 is 4.79 Å². The van der Waals surface area contributed by atoms with E-state index in [4.69, 9.17) is 0 Å². The Labute approximate surface area is 165 Å². The average molecular weight is 377 g/mol. The van der Waals surface area contributed by atoms with E-state index in [0.29, 0.717) is 5.56 Å². The predicted octanol–water partition coefficient (Wildman–Crippen LogP) is 6.96. The van der Waals surface area contributed by atoms with Gasteiger partial charge in [-0.25, -0.2) is 0 Å². The lowest BCUT2D eigenvalue weighted by molar-refractivity contribution is 0.112. The maximum atomic E-state index is 11.4. The predicted molar refractivity (Wildman–Crippen MR) is 119 cm³/mol. The van der Waals surface area contributed by atoms with Crippen molar-refractivity contribution in [3.05, 3.63) is 90.5 Å². The van der Waals surface area contributed by atoms with Gasteiger partial charge in [0.2, 0.25) is 0 Å². The molecule has 0 atom stereocenters. The van der Waals surface area contributed by atoms with Crippen LogP contribution in [0.25, 0.3) is 47.7 Å². The summed E-state index contributed by atoms with van der Waals surface area (Å²) in [5.74, 6) is 0. The first kappa shape index (κ1) is 15.6. The molecule has 4 aromatic carbocycles.